The molecule has 3 fully saturated rings. The number of aldehydes is 1. The van der Waals surface area contributed by atoms with E-state index in [4.69, 9.17) is 0 Å². The van der Waals surface area contributed by atoms with E-state index in [9.17, 15) is 15.0 Å². The van der Waals surface area contributed by atoms with Crippen molar-refractivity contribution in [1.82, 2.24) is 0 Å². The number of carbonyl (C=O) groups excluding carboxylic acids is 1. The van der Waals surface area contributed by atoms with Gasteiger partial charge in [-0.15, -0.1) is 0 Å². The van der Waals surface area contributed by atoms with Gasteiger partial charge in [-0.3, -0.25) is 0 Å². The molecule has 0 aromatic rings. The average Bonchev–Trinajstić information content (AvgIpc) is 3.08. The van der Waals surface area contributed by atoms with Gasteiger partial charge < -0.3 is 15.0 Å². The van der Waals surface area contributed by atoms with Crippen LogP contribution in [-0.4, -0.2) is 28.7 Å². The van der Waals surface area contributed by atoms with Crippen LogP contribution in [0.3, 0.4) is 0 Å². The zero-order valence-electron chi connectivity index (χ0n) is 16.8. The highest BCUT2D eigenvalue weighted by molar-refractivity contribution is 5.48. The second kappa shape index (κ2) is 9.34. The zero-order valence-corrected chi connectivity index (χ0v) is 16.8. The third kappa shape index (κ3) is 4.81. The molecular formula is C24H36O3. The maximum absolute atomic E-state index is 10.6. The SMILES string of the molecule is C=C1/C(=C\C=C2/CCC[C@@H]3[C@@H]([C@H](C)CCCC=O)CC[C@@H]23)C[C@@H](O)C[C@@H]1O. The second-order valence-corrected chi connectivity index (χ2v) is 9.05. The van der Waals surface area contributed by atoms with Crippen LogP contribution in [-0.2, 0) is 4.79 Å². The van der Waals surface area contributed by atoms with Gasteiger partial charge >= 0.3 is 0 Å². The summed E-state index contributed by atoms with van der Waals surface area (Å²) in [5.41, 5.74) is 3.34. The van der Waals surface area contributed by atoms with Crippen molar-refractivity contribution in [2.75, 3.05) is 0 Å². The maximum Gasteiger partial charge on any atom is 0.119 e. The smallest absolute Gasteiger partial charge is 0.119 e. The minimum Gasteiger partial charge on any atom is -0.393 e. The van der Waals surface area contributed by atoms with E-state index in [0.717, 1.165) is 35.7 Å². The molecule has 0 bridgehead atoms. The van der Waals surface area contributed by atoms with E-state index in [2.05, 4.69) is 25.7 Å². The molecule has 0 saturated heterocycles. The normalized spacial score (nSPS) is 38.2. The molecular weight excluding hydrogens is 336 g/mol. The highest BCUT2D eigenvalue weighted by atomic mass is 16.3. The molecule has 150 valence electrons. The Balaban J connectivity index is 1.67. The number of rotatable bonds is 6. The summed E-state index contributed by atoms with van der Waals surface area (Å²) in [6.07, 6.45) is 14.7. The molecule has 0 amide bonds. The summed E-state index contributed by atoms with van der Waals surface area (Å²) in [5.74, 6) is 2.99. The number of aliphatic hydroxyl groups is 2. The monoisotopic (exact) mass is 372 g/mol. The first kappa shape index (κ1) is 20.5. The Morgan fingerprint density at radius 2 is 2.04 bits per heavy atom. The molecule has 0 aliphatic heterocycles. The Bertz CT molecular complexity index is 603. The van der Waals surface area contributed by atoms with Crippen LogP contribution in [0.1, 0.15) is 71.1 Å². The molecule has 0 radical (unpaired) electrons. The third-order valence-corrected chi connectivity index (χ3v) is 7.33. The van der Waals surface area contributed by atoms with E-state index in [-0.39, 0.29) is 0 Å². The molecule has 3 heteroatoms. The summed E-state index contributed by atoms with van der Waals surface area (Å²) in [4.78, 5) is 10.6. The van der Waals surface area contributed by atoms with Gasteiger partial charge in [-0.25, -0.2) is 0 Å². The van der Waals surface area contributed by atoms with Crippen LogP contribution in [0.4, 0.5) is 0 Å². The van der Waals surface area contributed by atoms with Crippen molar-refractivity contribution in [1.29, 1.82) is 0 Å². The van der Waals surface area contributed by atoms with Gasteiger partial charge in [0.1, 0.15) is 6.29 Å². The summed E-state index contributed by atoms with van der Waals surface area (Å²) in [7, 11) is 0. The van der Waals surface area contributed by atoms with Crippen LogP contribution < -0.4 is 0 Å². The minimum absolute atomic E-state index is 0.404. The second-order valence-electron chi connectivity index (χ2n) is 9.05. The largest absolute Gasteiger partial charge is 0.393 e. The lowest BCUT2D eigenvalue weighted by atomic mass is 9.71. The number of allylic oxidation sites excluding steroid dienone is 3. The summed E-state index contributed by atoms with van der Waals surface area (Å²) < 4.78 is 0. The Kier molecular flexibility index (Phi) is 7.10. The van der Waals surface area contributed by atoms with Crippen molar-refractivity contribution in [3.05, 3.63) is 35.5 Å². The number of aliphatic hydroxyl groups excluding tert-OH is 2. The fraction of sp³-hybridized carbons (Fsp3) is 0.708. The first-order valence-electron chi connectivity index (χ1n) is 10.9. The predicted octanol–water partition coefficient (Wildman–Crippen LogP) is 4.74. The lowest BCUT2D eigenvalue weighted by molar-refractivity contribution is -0.108. The molecule has 0 spiro atoms. The highest BCUT2D eigenvalue weighted by Gasteiger charge is 2.41. The van der Waals surface area contributed by atoms with Crippen LogP contribution in [0.15, 0.2) is 35.5 Å². The van der Waals surface area contributed by atoms with E-state index in [1.165, 1.54) is 38.5 Å². The Hall–Kier alpha value is -1.19. The lowest BCUT2D eigenvalue weighted by Gasteiger charge is -2.34. The van der Waals surface area contributed by atoms with Gasteiger partial charge in [0.25, 0.3) is 0 Å². The number of carbonyl (C=O) groups is 1. The van der Waals surface area contributed by atoms with Gasteiger partial charge in [0.2, 0.25) is 0 Å². The van der Waals surface area contributed by atoms with Crippen LogP contribution in [0.25, 0.3) is 0 Å². The molecule has 0 heterocycles. The Labute approximate surface area is 164 Å². The molecule has 3 rings (SSSR count). The fourth-order valence-electron chi connectivity index (χ4n) is 5.82. The Morgan fingerprint density at radius 3 is 2.81 bits per heavy atom. The van der Waals surface area contributed by atoms with Crippen molar-refractivity contribution in [3.8, 4) is 0 Å². The van der Waals surface area contributed by atoms with Gasteiger partial charge in [0.15, 0.2) is 0 Å². The molecule has 3 saturated carbocycles. The quantitative estimate of drug-likeness (QED) is 0.523. The topological polar surface area (TPSA) is 57.5 Å². The van der Waals surface area contributed by atoms with Crippen molar-refractivity contribution in [3.63, 3.8) is 0 Å². The minimum atomic E-state index is -0.611. The summed E-state index contributed by atoms with van der Waals surface area (Å²) in [6.45, 7) is 6.41. The first-order valence-corrected chi connectivity index (χ1v) is 10.9. The van der Waals surface area contributed by atoms with Gasteiger partial charge in [-0.05, 0) is 79.8 Å². The standard InChI is InChI=1S/C24H36O3/c1-16(6-3-4-13-25)21-11-12-22-18(7-5-8-23(21)22)9-10-19-14-20(26)15-24(27)17(19)2/h9-10,13,16,20-24,26-27H,2-8,11-12,14-15H2,1H3/b18-9+,19-10-/t16-,20-,21-,22+,23-,24+/m1/s1. The van der Waals surface area contributed by atoms with Crippen LogP contribution in [0.2, 0.25) is 0 Å². The molecule has 6 atom stereocenters. The van der Waals surface area contributed by atoms with Crippen molar-refractivity contribution >= 4 is 6.29 Å². The fourth-order valence-corrected chi connectivity index (χ4v) is 5.82. The van der Waals surface area contributed by atoms with Gasteiger partial charge in [0.05, 0.1) is 12.2 Å². The van der Waals surface area contributed by atoms with E-state index in [0.29, 0.717) is 31.1 Å². The molecule has 0 aromatic heterocycles. The molecule has 0 aromatic carbocycles. The molecule has 0 unspecified atom stereocenters. The van der Waals surface area contributed by atoms with E-state index < -0.39 is 12.2 Å². The van der Waals surface area contributed by atoms with E-state index in [1.54, 1.807) is 5.57 Å². The molecule has 3 aliphatic rings. The molecule has 27 heavy (non-hydrogen) atoms. The van der Waals surface area contributed by atoms with Gasteiger partial charge in [-0.1, -0.05) is 37.6 Å². The van der Waals surface area contributed by atoms with E-state index in [1.807, 2.05) is 0 Å². The maximum atomic E-state index is 10.6. The van der Waals surface area contributed by atoms with Crippen molar-refractivity contribution in [2.24, 2.45) is 23.7 Å². The number of hydrogen-bond acceptors (Lipinski definition) is 3. The van der Waals surface area contributed by atoms with Crippen LogP contribution >= 0.6 is 0 Å². The Morgan fingerprint density at radius 1 is 1.22 bits per heavy atom. The molecule has 3 nitrogen and oxygen atoms in total. The van der Waals surface area contributed by atoms with Crippen LogP contribution in [0, 0.1) is 23.7 Å². The number of fused-ring (bicyclic) bond motifs is 1. The molecule has 3 aliphatic carbocycles. The number of hydrogen-bond donors (Lipinski definition) is 2. The number of unbranched alkanes of at least 4 members (excludes halogenated alkanes) is 1. The summed E-state index contributed by atoms with van der Waals surface area (Å²) in [6, 6.07) is 0. The lowest BCUT2D eigenvalue weighted by Crippen LogP contribution is -2.27. The summed E-state index contributed by atoms with van der Waals surface area (Å²) >= 11 is 0. The highest BCUT2D eigenvalue weighted by Crippen LogP contribution is 2.51. The summed E-state index contributed by atoms with van der Waals surface area (Å²) in [5, 5.41) is 20.0. The zero-order chi connectivity index (χ0) is 19.4. The average molecular weight is 373 g/mol. The van der Waals surface area contributed by atoms with E-state index >= 15 is 0 Å². The first-order chi connectivity index (χ1) is 13.0. The third-order valence-electron chi connectivity index (χ3n) is 7.33. The van der Waals surface area contributed by atoms with Gasteiger partial charge in [0, 0.05) is 12.8 Å². The molecule has 2 N–H and O–H groups in total. The predicted molar refractivity (Wildman–Crippen MR) is 109 cm³/mol. The van der Waals surface area contributed by atoms with Crippen LogP contribution in [0.5, 0.6) is 0 Å². The van der Waals surface area contributed by atoms with Crippen molar-refractivity contribution < 1.29 is 15.0 Å². The van der Waals surface area contributed by atoms with Gasteiger partial charge in [-0.2, -0.15) is 0 Å². The van der Waals surface area contributed by atoms with Crippen molar-refractivity contribution in [2.45, 2.75) is 83.3 Å².